The van der Waals surface area contributed by atoms with Crippen molar-refractivity contribution < 1.29 is 0 Å². The zero-order chi connectivity index (χ0) is 9.80. The molecule has 0 unspecified atom stereocenters. The molecule has 1 aliphatic carbocycles. The SMILES string of the molecule is NCC1CCC([CH]c2cccs2)CC1. The lowest BCUT2D eigenvalue weighted by atomic mass is 9.80. The van der Waals surface area contributed by atoms with Gasteiger partial charge in [-0.05, 0) is 55.5 Å². The first-order valence-corrected chi connectivity index (χ1v) is 6.35. The molecule has 2 N–H and O–H groups in total. The summed E-state index contributed by atoms with van der Waals surface area (Å²) in [5.74, 6) is 1.60. The van der Waals surface area contributed by atoms with E-state index in [4.69, 9.17) is 5.73 Å². The Balaban J connectivity index is 1.79. The molecule has 2 heteroatoms. The van der Waals surface area contributed by atoms with Crippen LogP contribution in [0.1, 0.15) is 30.6 Å². The highest BCUT2D eigenvalue weighted by Crippen LogP contribution is 2.32. The van der Waals surface area contributed by atoms with Crippen LogP contribution in [0.15, 0.2) is 17.5 Å². The van der Waals surface area contributed by atoms with E-state index < -0.39 is 0 Å². The second-order valence-corrected chi connectivity index (χ2v) is 5.18. The minimum absolute atomic E-state index is 0.794. The molecular formula is C12H18NS. The first-order valence-electron chi connectivity index (χ1n) is 5.47. The maximum Gasteiger partial charge on any atom is 0.00854 e. The van der Waals surface area contributed by atoms with Crippen LogP contribution >= 0.6 is 11.3 Å². The molecule has 2 rings (SSSR count). The van der Waals surface area contributed by atoms with E-state index in [1.54, 1.807) is 0 Å². The van der Waals surface area contributed by atoms with Gasteiger partial charge in [-0.2, -0.15) is 0 Å². The third kappa shape index (κ3) is 2.58. The van der Waals surface area contributed by atoms with E-state index >= 15 is 0 Å². The maximum atomic E-state index is 5.68. The predicted molar refractivity (Wildman–Crippen MR) is 62.2 cm³/mol. The number of rotatable bonds is 3. The third-order valence-electron chi connectivity index (χ3n) is 3.17. The van der Waals surface area contributed by atoms with Crippen molar-refractivity contribution >= 4 is 11.3 Å². The summed E-state index contributed by atoms with van der Waals surface area (Å²) in [6.45, 7) is 0.881. The molecule has 0 spiro atoms. The summed E-state index contributed by atoms with van der Waals surface area (Å²) in [5, 5.41) is 2.15. The minimum atomic E-state index is 0.794. The lowest BCUT2D eigenvalue weighted by molar-refractivity contribution is 0.307. The van der Waals surface area contributed by atoms with Crippen LogP contribution in [0.2, 0.25) is 0 Å². The summed E-state index contributed by atoms with van der Waals surface area (Å²) >= 11 is 1.84. The molecule has 1 nitrogen and oxygen atoms in total. The van der Waals surface area contributed by atoms with E-state index in [0.29, 0.717) is 0 Å². The van der Waals surface area contributed by atoms with E-state index in [9.17, 15) is 0 Å². The Morgan fingerprint density at radius 2 is 2.14 bits per heavy atom. The van der Waals surface area contributed by atoms with Gasteiger partial charge >= 0.3 is 0 Å². The van der Waals surface area contributed by atoms with Gasteiger partial charge in [0.1, 0.15) is 0 Å². The summed E-state index contributed by atoms with van der Waals surface area (Å²) in [5.41, 5.74) is 5.68. The Morgan fingerprint density at radius 3 is 2.71 bits per heavy atom. The molecule has 1 aliphatic rings. The number of thiophene rings is 1. The number of hydrogen-bond donors (Lipinski definition) is 1. The zero-order valence-electron chi connectivity index (χ0n) is 8.49. The van der Waals surface area contributed by atoms with Crippen LogP contribution in [0.5, 0.6) is 0 Å². The number of hydrogen-bond acceptors (Lipinski definition) is 2. The molecular weight excluding hydrogens is 190 g/mol. The first kappa shape index (κ1) is 10.2. The smallest absolute Gasteiger partial charge is 0.00854 e. The molecule has 0 bridgehead atoms. The highest BCUT2D eigenvalue weighted by atomic mass is 32.1. The van der Waals surface area contributed by atoms with Gasteiger partial charge in [-0.15, -0.1) is 11.3 Å². The molecule has 1 aromatic heterocycles. The monoisotopic (exact) mass is 208 g/mol. The van der Waals surface area contributed by atoms with Crippen molar-refractivity contribution in [3.05, 3.63) is 28.8 Å². The molecule has 1 radical (unpaired) electrons. The van der Waals surface area contributed by atoms with E-state index in [2.05, 4.69) is 23.9 Å². The molecule has 1 fully saturated rings. The van der Waals surface area contributed by atoms with Crippen molar-refractivity contribution in [2.24, 2.45) is 17.6 Å². The molecule has 1 aromatic rings. The Bertz CT molecular complexity index is 247. The normalized spacial score (nSPS) is 27.8. The third-order valence-corrected chi connectivity index (χ3v) is 4.01. The van der Waals surface area contributed by atoms with Crippen LogP contribution in [-0.4, -0.2) is 6.54 Å². The molecule has 0 saturated heterocycles. The lowest BCUT2D eigenvalue weighted by Gasteiger charge is -2.26. The van der Waals surface area contributed by atoms with Crippen molar-refractivity contribution in [2.45, 2.75) is 25.7 Å². The average molecular weight is 208 g/mol. The molecule has 1 heterocycles. The Morgan fingerprint density at radius 1 is 1.36 bits per heavy atom. The highest BCUT2D eigenvalue weighted by Gasteiger charge is 2.20. The molecule has 77 valence electrons. The quantitative estimate of drug-likeness (QED) is 0.811. The van der Waals surface area contributed by atoms with Gasteiger partial charge in [0, 0.05) is 11.3 Å². The fourth-order valence-corrected chi connectivity index (χ4v) is 2.95. The fraction of sp³-hybridized carbons (Fsp3) is 0.583. The average Bonchev–Trinajstić information content (AvgIpc) is 2.72. The lowest BCUT2D eigenvalue weighted by Crippen LogP contribution is -2.21. The van der Waals surface area contributed by atoms with Crippen LogP contribution in [0, 0.1) is 18.3 Å². The van der Waals surface area contributed by atoms with Gasteiger partial charge in [-0.3, -0.25) is 0 Å². The molecule has 1 saturated carbocycles. The highest BCUT2D eigenvalue weighted by molar-refractivity contribution is 7.10. The van der Waals surface area contributed by atoms with Crippen LogP contribution in [-0.2, 0) is 0 Å². The van der Waals surface area contributed by atoms with Gasteiger partial charge < -0.3 is 5.73 Å². The Hall–Kier alpha value is -0.340. The van der Waals surface area contributed by atoms with Gasteiger partial charge in [-0.25, -0.2) is 0 Å². The van der Waals surface area contributed by atoms with Crippen molar-refractivity contribution in [3.8, 4) is 0 Å². The molecule has 14 heavy (non-hydrogen) atoms. The van der Waals surface area contributed by atoms with E-state index in [0.717, 1.165) is 18.4 Å². The largest absolute Gasteiger partial charge is 0.330 e. The summed E-state index contributed by atoms with van der Waals surface area (Å²) in [6.07, 6.45) is 7.75. The van der Waals surface area contributed by atoms with Crippen LogP contribution in [0.25, 0.3) is 0 Å². The van der Waals surface area contributed by atoms with Crippen LogP contribution in [0.3, 0.4) is 0 Å². The van der Waals surface area contributed by atoms with Gasteiger partial charge in [0.05, 0.1) is 0 Å². The predicted octanol–water partition coefficient (Wildman–Crippen LogP) is 3.07. The Kier molecular flexibility index (Phi) is 3.60. The van der Waals surface area contributed by atoms with Crippen LogP contribution in [0.4, 0.5) is 0 Å². The standard InChI is InChI=1S/C12H18NS/c13-9-11-5-3-10(4-6-11)8-12-2-1-7-14-12/h1-2,7-8,10-11H,3-6,9,13H2. The molecule has 0 aliphatic heterocycles. The first-order chi connectivity index (χ1) is 6.88. The second-order valence-electron chi connectivity index (χ2n) is 4.20. The minimum Gasteiger partial charge on any atom is -0.330 e. The maximum absolute atomic E-state index is 5.68. The topological polar surface area (TPSA) is 26.0 Å². The zero-order valence-corrected chi connectivity index (χ0v) is 9.30. The molecule has 0 atom stereocenters. The van der Waals surface area contributed by atoms with E-state index in [-0.39, 0.29) is 0 Å². The van der Waals surface area contributed by atoms with E-state index in [1.165, 1.54) is 30.6 Å². The van der Waals surface area contributed by atoms with Crippen molar-refractivity contribution in [1.29, 1.82) is 0 Å². The number of nitrogens with two attached hydrogens (primary N) is 1. The summed E-state index contributed by atoms with van der Waals surface area (Å²) < 4.78 is 0. The van der Waals surface area contributed by atoms with Gasteiger partial charge in [-0.1, -0.05) is 6.07 Å². The molecule has 0 aromatic carbocycles. The van der Waals surface area contributed by atoms with Crippen molar-refractivity contribution in [3.63, 3.8) is 0 Å². The summed E-state index contributed by atoms with van der Waals surface area (Å²) in [7, 11) is 0. The van der Waals surface area contributed by atoms with E-state index in [1.807, 2.05) is 11.3 Å². The Labute approximate surface area is 90.3 Å². The van der Waals surface area contributed by atoms with Gasteiger partial charge in [0.15, 0.2) is 0 Å². The van der Waals surface area contributed by atoms with Crippen LogP contribution < -0.4 is 5.73 Å². The fourth-order valence-electron chi connectivity index (χ4n) is 2.21. The van der Waals surface area contributed by atoms with Gasteiger partial charge in [0.25, 0.3) is 0 Å². The second kappa shape index (κ2) is 4.94. The summed E-state index contributed by atoms with van der Waals surface area (Å²) in [4.78, 5) is 1.43. The molecule has 0 amide bonds. The van der Waals surface area contributed by atoms with Crippen molar-refractivity contribution in [1.82, 2.24) is 0 Å². The van der Waals surface area contributed by atoms with Gasteiger partial charge in [0.2, 0.25) is 0 Å². The van der Waals surface area contributed by atoms with Crippen molar-refractivity contribution in [2.75, 3.05) is 6.54 Å². The summed E-state index contributed by atoms with van der Waals surface area (Å²) in [6, 6.07) is 4.34.